The molecule has 0 aliphatic heterocycles. The molecule has 0 fully saturated rings. The summed E-state index contributed by atoms with van der Waals surface area (Å²) in [6.45, 7) is 0. The molecule has 0 aliphatic carbocycles. The average molecular weight is 398 g/mol. The van der Waals surface area contributed by atoms with Crippen molar-refractivity contribution in [3.05, 3.63) is 81.9 Å². The molecule has 0 aliphatic rings. The van der Waals surface area contributed by atoms with Crippen LogP contribution < -0.4 is 16.6 Å². The van der Waals surface area contributed by atoms with E-state index in [9.17, 15) is 18.8 Å². The summed E-state index contributed by atoms with van der Waals surface area (Å²) in [6, 6.07) is 14.0. The topological polar surface area (TPSA) is 118 Å². The molecule has 1 aromatic heterocycles. The van der Waals surface area contributed by atoms with Gasteiger partial charge in [0.15, 0.2) is 16.8 Å². The summed E-state index contributed by atoms with van der Waals surface area (Å²) >= 11 is 1.01. The van der Waals surface area contributed by atoms with E-state index in [0.29, 0.717) is 5.56 Å². The Balaban J connectivity index is 1.72. The molecular weight excluding hydrogens is 383 g/mol. The number of nitrogens with one attached hydrogen (secondary N) is 2. The number of Topliss-reactive ketones (excluding diaryl/α,β-unsaturated/α-hetero) is 1. The van der Waals surface area contributed by atoms with Gasteiger partial charge in [0, 0.05) is 5.56 Å². The maximum absolute atomic E-state index is 13.7. The zero-order chi connectivity index (χ0) is 20.1. The summed E-state index contributed by atoms with van der Waals surface area (Å²) in [5.41, 5.74) is 5.09. The van der Waals surface area contributed by atoms with Crippen molar-refractivity contribution in [3.8, 4) is 0 Å². The molecule has 0 saturated carbocycles. The lowest BCUT2D eigenvalue weighted by atomic mass is 10.2. The Morgan fingerprint density at radius 3 is 2.46 bits per heavy atom. The minimum Gasteiger partial charge on any atom is -0.382 e. The molecule has 142 valence electrons. The van der Waals surface area contributed by atoms with Gasteiger partial charge in [0.2, 0.25) is 0 Å². The largest absolute Gasteiger partial charge is 0.382 e. The molecule has 3 rings (SSSR count). The molecule has 1 amide bonds. The fourth-order valence-corrected chi connectivity index (χ4v) is 3.09. The number of aromatic nitrogens is 2. The number of carbonyl (C=O) groups is 2. The summed E-state index contributed by atoms with van der Waals surface area (Å²) in [4.78, 5) is 43.0. The third-order valence-electron chi connectivity index (χ3n) is 3.72. The molecule has 3 aromatic rings. The van der Waals surface area contributed by atoms with Crippen molar-refractivity contribution in [2.75, 3.05) is 16.8 Å². The van der Waals surface area contributed by atoms with Gasteiger partial charge in [-0.2, -0.15) is 0 Å². The summed E-state index contributed by atoms with van der Waals surface area (Å²) in [7, 11) is 0. The number of amides is 1. The minimum absolute atomic E-state index is 0.0489. The van der Waals surface area contributed by atoms with Crippen LogP contribution in [0.2, 0.25) is 0 Å². The van der Waals surface area contributed by atoms with E-state index in [1.54, 1.807) is 30.3 Å². The van der Waals surface area contributed by atoms with E-state index in [4.69, 9.17) is 5.73 Å². The molecule has 0 atom stereocenters. The molecule has 2 aromatic carbocycles. The highest BCUT2D eigenvalue weighted by molar-refractivity contribution is 7.99. The maximum Gasteiger partial charge on any atom is 0.277 e. The van der Waals surface area contributed by atoms with Crippen molar-refractivity contribution in [2.45, 2.75) is 5.16 Å². The van der Waals surface area contributed by atoms with E-state index in [0.717, 1.165) is 17.8 Å². The Hall–Kier alpha value is -3.46. The summed E-state index contributed by atoms with van der Waals surface area (Å²) in [6.07, 6.45) is 0. The SMILES string of the molecule is Nc1nc(SCC(=O)c2ccccc2)[nH]c(=O)c1NC(=O)c1ccccc1F. The number of H-pyrrole nitrogens is 1. The molecule has 0 saturated heterocycles. The molecule has 4 N–H and O–H groups in total. The first-order valence-electron chi connectivity index (χ1n) is 8.12. The zero-order valence-corrected chi connectivity index (χ0v) is 15.3. The van der Waals surface area contributed by atoms with Gasteiger partial charge in [0.1, 0.15) is 11.5 Å². The van der Waals surface area contributed by atoms with Gasteiger partial charge < -0.3 is 11.1 Å². The molecule has 0 unspecified atom stereocenters. The lowest BCUT2D eigenvalue weighted by Crippen LogP contribution is -2.23. The first-order valence-corrected chi connectivity index (χ1v) is 9.11. The van der Waals surface area contributed by atoms with Crippen LogP contribution in [0.5, 0.6) is 0 Å². The van der Waals surface area contributed by atoms with Gasteiger partial charge >= 0.3 is 0 Å². The van der Waals surface area contributed by atoms with E-state index < -0.39 is 17.3 Å². The fraction of sp³-hybridized carbons (Fsp3) is 0.0526. The van der Waals surface area contributed by atoms with Crippen molar-refractivity contribution < 1.29 is 14.0 Å². The number of carbonyl (C=O) groups excluding carboxylic acids is 2. The van der Waals surface area contributed by atoms with Crippen molar-refractivity contribution in [2.24, 2.45) is 0 Å². The summed E-state index contributed by atoms with van der Waals surface area (Å²) in [5.74, 6) is -1.87. The number of rotatable bonds is 6. The van der Waals surface area contributed by atoms with Gasteiger partial charge in [-0.05, 0) is 12.1 Å². The number of hydrogen-bond acceptors (Lipinski definition) is 6. The van der Waals surface area contributed by atoms with Gasteiger partial charge in [-0.15, -0.1) is 0 Å². The first-order chi connectivity index (χ1) is 13.5. The van der Waals surface area contributed by atoms with E-state index >= 15 is 0 Å². The molecule has 0 bridgehead atoms. The number of ketones is 1. The van der Waals surface area contributed by atoms with Crippen LogP contribution in [0.25, 0.3) is 0 Å². The average Bonchev–Trinajstić information content (AvgIpc) is 2.69. The Morgan fingerprint density at radius 2 is 1.79 bits per heavy atom. The van der Waals surface area contributed by atoms with E-state index in [1.165, 1.54) is 18.2 Å². The molecule has 28 heavy (non-hydrogen) atoms. The number of aromatic amines is 1. The Bertz CT molecular complexity index is 1090. The zero-order valence-electron chi connectivity index (χ0n) is 14.4. The molecule has 0 radical (unpaired) electrons. The highest BCUT2D eigenvalue weighted by atomic mass is 32.2. The predicted octanol–water partition coefficient (Wildman–Crippen LogP) is 2.72. The van der Waals surface area contributed by atoms with Crippen LogP contribution in [-0.4, -0.2) is 27.4 Å². The third kappa shape index (κ3) is 4.44. The maximum atomic E-state index is 13.7. The van der Waals surface area contributed by atoms with Gasteiger partial charge in [-0.3, -0.25) is 19.4 Å². The van der Waals surface area contributed by atoms with Crippen LogP contribution in [0.1, 0.15) is 20.7 Å². The number of anilines is 2. The second-order valence-electron chi connectivity index (χ2n) is 5.64. The third-order valence-corrected chi connectivity index (χ3v) is 4.59. The Labute approximate surface area is 163 Å². The monoisotopic (exact) mass is 398 g/mol. The van der Waals surface area contributed by atoms with Crippen molar-refractivity contribution in [1.82, 2.24) is 9.97 Å². The summed E-state index contributed by atoms with van der Waals surface area (Å²) < 4.78 is 13.7. The van der Waals surface area contributed by atoms with Crippen molar-refractivity contribution in [3.63, 3.8) is 0 Å². The molecule has 7 nitrogen and oxygen atoms in total. The molecular formula is C19H15FN4O3S. The standard InChI is InChI=1S/C19H15FN4O3S/c20-13-9-5-4-8-12(13)17(26)22-15-16(21)23-19(24-18(15)27)28-10-14(25)11-6-2-1-3-7-11/h1-9H,10H2,(H,22,26)(H3,21,23,24,27). The van der Waals surface area contributed by atoms with E-state index in [-0.39, 0.29) is 33.8 Å². The molecule has 0 spiro atoms. The quantitative estimate of drug-likeness (QED) is 0.334. The number of nitrogens with two attached hydrogens (primary N) is 1. The van der Waals surface area contributed by atoms with Crippen LogP contribution in [0.4, 0.5) is 15.9 Å². The smallest absolute Gasteiger partial charge is 0.277 e. The fourth-order valence-electron chi connectivity index (χ4n) is 2.33. The van der Waals surface area contributed by atoms with E-state index in [1.807, 2.05) is 0 Å². The van der Waals surface area contributed by atoms with Crippen molar-refractivity contribution in [1.29, 1.82) is 0 Å². The van der Waals surface area contributed by atoms with Gasteiger partial charge in [0.25, 0.3) is 11.5 Å². The minimum atomic E-state index is -0.822. The second kappa shape index (κ2) is 8.49. The number of thioether (sulfide) groups is 1. The van der Waals surface area contributed by atoms with Crippen LogP contribution in [0.3, 0.4) is 0 Å². The Kier molecular flexibility index (Phi) is 5.85. The van der Waals surface area contributed by atoms with Crippen LogP contribution >= 0.6 is 11.8 Å². The second-order valence-corrected chi connectivity index (χ2v) is 6.61. The highest BCUT2D eigenvalue weighted by Gasteiger charge is 2.17. The number of nitrogen functional groups attached to an aromatic ring is 1. The molecule has 1 heterocycles. The van der Waals surface area contributed by atoms with Gasteiger partial charge in [-0.1, -0.05) is 54.2 Å². The van der Waals surface area contributed by atoms with Crippen LogP contribution in [-0.2, 0) is 0 Å². The number of benzene rings is 2. The van der Waals surface area contributed by atoms with Crippen LogP contribution in [0.15, 0.2) is 64.5 Å². The predicted molar refractivity (Wildman–Crippen MR) is 105 cm³/mol. The lowest BCUT2D eigenvalue weighted by molar-refractivity contribution is 0.101. The first kappa shape index (κ1) is 19.3. The molecule has 9 heteroatoms. The lowest BCUT2D eigenvalue weighted by Gasteiger charge is -2.09. The van der Waals surface area contributed by atoms with Crippen molar-refractivity contribution >= 4 is 35.0 Å². The number of halogens is 1. The normalized spacial score (nSPS) is 10.5. The number of hydrogen-bond donors (Lipinski definition) is 3. The van der Waals surface area contributed by atoms with Crippen LogP contribution in [0, 0.1) is 5.82 Å². The van der Waals surface area contributed by atoms with Gasteiger partial charge in [0.05, 0.1) is 11.3 Å². The Morgan fingerprint density at radius 1 is 1.11 bits per heavy atom. The highest BCUT2D eigenvalue weighted by Crippen LogP contribution is 2.19. The van der Waals surface area contributed by atoms with E-state index in [2.05, 4.69) is 15.3 Å². The number of nitrogens with zero attached hydrogens (tertiary/aromatic N) is 1. The summed E-state index contributed by atoms with van der Waals surface area (Å²) in [5, 5.41) is 2.40. The van der Waals surface area contributed by atoms with Gasteiger partial charge in [-0.25, -0.2) is 9.37 Å².